The van der Waals surface area contributed by atoms with Crippen molar-refractivity contribution >= 4 is 11.5 Å². The van der Waals surface area contributed by atoms with Gasteiger partial charge in [0.2, 0.25) is 0 Å². The summed E-state index contributed by atoms with van der Waals surface area (Å²) in [5, 5.41) is 7.78. The van der Waals surface area contributed by atoms with E-state index in [0.29, 0.717) is 6.04 Å². The predicted octanol–water partition coefficient (Wildman–Crippen LogP) is 3.38. The van der Waals surface area contributed by atoms with E-state index in [1.54, 1.807) is 7.11 Å². The van der Waals surface area contributed by atoms with E-state index in [4.69, 9.17) is 15.9 Å². The molecule has 0 spiro atoms. The minimum Gasteiger partial charge on any atom is -0.497 e. The van der Waals surface area contributed by atoms with Crippen LogP contribution in [0, 0.1) is 11.3 Å². The van der Waals surface area contributed by atoms with Crippen molar-refractivity contribution in [2.75, 3.05) is 19.1 Å². The van der Waals surface area contributed by atoms with Crippen molar-refractivity contribution in [3.63, 3.8) is 0 Å². The summed E-state index contributed by atoms with van der Waals surface area (Å²) in [6.07, 6.45) is 6.30. The van der Waals surface area contributed by atoms with Crippen molar-refractivity contribution in [3.05, 3.63) is 23.8 Å². The number of nitrogen functional groups attached to an aromatic ring is 1. The summed E-state index contributed by atoms with van der Waals surface area (Å²) in [5.41, 5.74) is 7.52. The van der Waals surface area contributed by atoms with Gasteiger partial charge in [-0.05, 0) is 43.7 Å². The molecule has 21 heavy (non-hydrogen) atoms. The van der Waals surface area contributed by atoms with Gasteiger partial charge in [0.15, 0.2) is 0 Å². The van der Waals surface area contributed by atoms with E-state index in [2.05, 4.69) is 18.9 Å². The lowest BCUT2D eigenvalue weighted by Gasteiger charge is -2.36. The van der Waals surface area contributed by atoms with Crippen LogP contribution in [0.25, 0.3) is 0 Å². The summed E-state index contributed by atoms with van der Waals surface area (Å²) in [6, 6.07) is 6.26. The van der Waals surface area contributed by atoms with Gasteiger partial charge in [0.05, 0.1) is 12.8 Å². The van der Waals surface area contributed by atoms with Gasteiger partial charge >= 0.3 is 0 Å². The molecular weight excluding hydrogens is 262 g/mol. The predicted molar refractivity (Wildman–Crippen MR) is 88.5 cm³/mol. The van der Waals surface area contributed by atoms with Gasteiger partial charge in [-0.3, -0.25) is 5.41 Å². The standard InChI is InChI=1S/C17H27N3O/c1-4-12-5-7-13(8-6-12)20(2)16-11-14(21-3)9-10-15(16)17(18)19/h9-13H,4-8H2,1-3H3,(H3,18,19). The normalized spacial score (nSPS) is 21.9. The largest absolute Gasteiger partial charge is 0.497 e. The second kappa shape index (κ2) is 6.83. The highest BCUT2D eigenvalue weighted by molar-refractivity contribution is 6.00. The zero-order valence-corrected chi connectivity index (χ0v) is 13.4. The first-order chi connectivity index (χ1) is 10.1. The van der Waals surface area contributed by atoms with Crippen LogP contribution in [-0.4, -0.2) is 26.0 Å². The second-order valence-corrected chi connectivity index (χ2v) is 5.99. The number of hydrogen-bond donors (Lipinski definition) is 2. The van der Waals surface area contributed by atoms with Crippen molar-refractivity contribution in [1.29, 1.82) is 5.41 Å². The Morgan fingerprint density at radius 3 is 2.52 bits per heavy atom. The van der Waals surface area contributed by atoms with Gasteiger partial charge in [-0.15, -0.1) is 0 Å². The van der Waals surface area contributed by atoms with Gasteiger partial charge in [0.1, 0.15) is 11.6 Å². The molecule has 1 fully saturated rings. The van der Waals surface area contributed by atoms with E-state index in [1.165, 1.54) is 32.1 Å². The Balaban J connectivity index is 2.21. The molecule has 0 atom stereocenters. The summed E-state index contributed by atoms with van der Waals surface area (Å²) in [4.78, 5) is 2.28. The lowest BCUT2D eigenvalue weighted by atomic mass is 9.84. The molecule has 1 aromatic carbocycles. The van der Waals surface area contributed by atoms with Gasteiger partial charge in [0.25, 0.3) is 0 Å². The van der Waals surface area contributed by atoms with Crippen LogP contribution in [0.2, 0.25) is 0 Å². The molecule has 1 aliphatic carbocycles. The topological polar surface area (TPSA) is 62.3 Å². The van der Waals surface area contributed by atoms with Crippen molar-refractivity contribution in [2.45, 2.75) is 45.1 Å². The van der Waals surface area contributed by atoms with E-state index in [1.807, 2.05) is 18.2 Å². The number of nitrogens with one attached hydrogen (secondary N) is 1. The first-order valence-electron chi connectivity index (χ1n) is 7.82. The van der Waals surface area contributed by atoms with Gasteiger partial charge in [-0.1, -0.05) is 13.3 Å². The lowest BCUT2D eigenvalue weighted by molar-refractivity contribution is 0.313. The van der Waals surface area contributed by atoms with E-state index in [9.17, 15) is 0 Å². The van der Waals surface area contributed by atoms with Crippen LogP contribution in [-0.2, 0) is 0 Å². The molecule has 0 amide bonds. The van der Waals surface area contributed by atoms with E-state index < -0.39 is 0 Å². The summed E-state index contributed by atoms with van der Waals surface area (Å²) in [5.74, 6) is 1.80. The number of ether oxygens (including phenoxy) is 1. The van der Waals surface area contributed by atoms with Crippen molar-refractivity contribution in [3.8, 4) is 5.75 Å². The number of nitrogens with two attached hydrogens (primary N) is 1. The molecule has 0 radical (unpaired) electrons. The zero-order valence-electron chi connectivity index (χ0n) is 13.4. The molecule has 0 bridgehead atoms. The van der Waals surface area contributed by atoms with Crippen LogP contribution in [0.4, 0.5) is 5.69 Å². The minimum atomic E-state index is 0.113. The number of methoxy groups -OCH3 is 1. The van der Waals surface area contributed by atoms with Gasteiger partial charge in [0, 0.05) is 24.7 Å². The molecular formula is C17H27N3O. The average molecular weight is 289 g/mol. The Kier molecular flexibility index (Phi) is 5.10. The maximum absolute atomic E-state index is 7.78. The molecule has 0 aliphatic heterocycles. The van der Waals surface area contributed by atoms with Crippen molar-refractivity contribution in [2.24, 2.45) is 11.7 Å². The zero-order chi connectivity index (χ0) is 15.4. The molecule has 1 aliphatic rings. The van der Waals surface area contributed by atoms with Crippen LogP contribution >= 0.6 is 0 Å². The third-order valence-electron chi connectivity index (χ3n) is 4.82. The molecule has 0 aromatic heterocycles. The van der Waals surface area contributed by atoms with Gasteiger partial charge in [-0.2, -0.15) is 0 Å². The van der Waals surface area contributed by atoms with Crippen LogP contribution < -0.4 is 15.4 Å². The highest BCUT2D eigenvalue weighted by Gasteiger charge is 2.25. The molecule has 0 heterocycles. The lowest BCUT2D eigenvalue weighted by Crippen LogP contribution is -2.36. The molecule has 116 valence electrons. The highest BCUT2D eigenvalue weighted by atomic mass is 16.5. The van der Waals surface area contributed by atoms with Crippen LogP contribution in [0.1, 0.15) is 44.6 Å². The molecule has 0 unspecified atom stereocenters. The Morgan fingerprint density at radius 2 is 2.00 bits per heavy atom. The minimum absolute atomic E-state index is 0.113. The second-order valence-electron chi connectivity index (χ2n) is 5.99. The monoisotopic (exact) mass is 289 g/mol. The fourth-order valence-electron chi connectivity index (χ4n) is 3.30. The fraction of sp³-hybridized carbons (Fsp3) is 0.588. The van der Waals surface area contributed by atoms with E-state index in [0.717, 1.165) is 22.9 Å². The van der Waals surface area contributed by atoms with Gasteiger partial charge < -0.3 is 15.4 Å². The van der Waals surface area contributed by atoms with E-state index in [-0.39, 0.29) is 5.84 Å². The quantitative estimate of drug-likeness (QED) is 0.645. The Bertz CT molecular complexity index is 493. The molecule has 0 saturated heterocycles. The highest BCUT2D eigenvalue weighted by Crippen LogP contribution is 2.33. The molecule has 3 N–H and O–H groups in total. The summed E-state index contributed by atoms with van der Waals surface area (Å²) in [6.45, 7) is 2.28. The molecule has 2 rings (SSSR count). The van der Waals surface area contributed by atoms with Crippen LogP contribution in [0.3, 0.4) is 0 Å². The fourth-order valence-corrected chi connectivity index (χ4v) is 3.30. The summed E-state index contributed by atoms with van der Waals surface area (Å²) < 4.78 is 5.32. The number of nitrogens with zero attached hydrogens (tertiary/aromatic N) is 1. The first-order valence-corrected chi connectivity index (χ1v) is 7.82. The Labute approximate surface area is 127 Å². The van der Waals surface area contributed by atoms with Gasteiger partial charge in [-0.25, -0.2) is 0 Å². The number of anilines is 1. The summed E-state index contributed by atoms with van der Waals surface area (Å²) >= 11 is 0. The third-order valence-corrected chi connectivity index (χ3v) is 4.82. The number of rotatable bonds is 5. The number of benzene rings is 1. The maximum atomic E-state index is 7.78. The smallest absolute Gasteiger partial charge is 0.124 e. The van der Waals surface area contributed by atoms with E-state index >= 15 is 0 Å². The average Bonchev–Trinajstić information content (AvgIpc) is 2.53. The van der Waals surface area contributed by atoms with Crippen LogP contribution in [0.15, 0.2) is 18.2 Å². The summed E-state index contributed by atoms with van der Waals surface area (Å²) in [7, 11) is 3.77. The van der Waals surface area contributed by atoms with Crippen LogP contribution in [0.5, 0.6) is 5.75 Å². The SMILES string of the molecule is CCC1CCC(N(C)c2cc(OC)ccc2C(=N)N)CC1. The maximum Gasteiger partial charge on any atom is 0.124 e. The first kappa shape index (κ1) is 15.7. The molecule has 4 nitrogen and oxygen atoms in total. The molecule has 1 aromatic rings. The van der Waals surface area contributed by atoms with Crippen molar-refractivity contribution < 1.29 is 4.74 Å². The third kappa shape index (κ3) is 3.49. The van der Waals surface area contributed by atoms with Crippen molar-refractivity contribution in [1.82, 2.24) is 0 Å². The Morgan fingerprint density at radius 1 is 1.33 bits per heavy atom. The molecule has 4 heteroatoms. The molecule has 1 saturated carbocycles. The number of hydrogen-bond acceptors (Lipinski definition) is 3. The number of amidine groups is 1. The Hall–Kier alpha value is -1.71.